The first-order valence-electron chi connectivity index (χ1n) is 9.69. The molecule has 6 rings (SSSR count). The number of alkyl halides is 1. The Bertz CT molecular complexity index is 645. The van der Waals surface area contributed by atoms with Gasteiger partial charge in [0.2, 0.25) is 17.7 Å². The van der Waals surface area contributed by atoms with Gasteiger partial charge in [-0.05, 0) is 68.6 Å². The van der Waals surface area contributed by atoms with Crippen molar-refractivity contribution < 1.29 is 14.4 Å². The molecule has 4 bridgehead atoms. The summed E-state index contributed by atoms with van der Waals surface area (Å²) in [5.41, 5.74) is 0.108. The second kappa shape index (κ2) is 5.30. The number of halogens is 1. The molecule has 136 valence electrons. The van der Waals surface area contributed by atoms with Crippen LogP contribution < -0.4 is 5.32 Å². The number of nitrogens with one attached hydrogen (secondary N) is 1. The summed E-state index contributed by atoms with van der Waals surface area (Å²) in [6.45, 7) is 0. The Morgan fingerprint density at radius 1 is 1.16 bits per heavy atom. The molecule has 5 saturated carbocycles. The molecule has 1 N–H and O–H groups in total. The molecule has 3 amide bonds. The molecule has 6 aliphatic rings. The van der Waals surface area contributed by atoms with E-state index in [9.17, 15) is 14.4 Å². The van der Waals surface area contributed by atoms with E-state index in [-0.39, 0.29) is 39.9 Å². The minimum Gasteiger partial charge on any atom is -0.327 e. The van der Waals surface area contributed by atoms with Gasteiger partial charge in [-0.25, -0.2) is 0 Å². The maximum absolute atomic E-state index is 13.3. The van der Waals surface area contributed by atoms with E-state index in [4.69, 9.17) is 0 Å². The third kappa shape index (κ3) is 2.75. The maximum Gasteiger partial charge on any atom is 0.249 e. The zero-order chi connectivity index (χ0) is 17.4. The molecule has 0 aromatic rings. The largest absolute Gasteiger partial charge is 0.327 e. The number of carbonyl (C=O) groups is 3. The summed E-state index contributed by atoms with van der Waals surface area (Å²) in [6.07, 6.45) is 9.88. The summed E-state index contributed by atoms with van der Waals surface area (Å²) < 4.78 is 0.239. The van der Waals surface area contributed by atoms with E-state index < -0.39 is 6.04 Å². The minimum atomic E-state index is -0.570. The van der Waals surface area contributed by atoms with Crippen molar-refractivity contribution in [3.05, 3.63) is 0 Å². The van der Waals surface area contributed by atoms with Gasteiger partial charge in [-0.2, -0.15) is 0 Å². The van der Waals surface area contributed by atoms with Crippen LogP contribution in [-0.4, -0.2) is 39.0 Å². The van der Waals surface area contributed by atoms with Gasteiger partial charge in [-0.3, -0.25) is 19.7 Å². The normalized spacial score (nSPS) is 44.9. The van der Waals surface area contributed by atoms with Crippen molar-refractivity contribution in [2.45, 2.75) is 80.6 Å². The topological polar surface area (TPSA) is 66.5 Å². The molecule has 0 radical (unpaired) electrons. The molecule has 0 aromatic heterocycles. The lowest BCUT2D eigenvalue weighted by molar-refractivity contribution is -0.145. The fourth-order valence-electron chi connectivity index (χ4n) is 6.70. The highest BCUT2D eigenvalue weighted by molar-refractivity contribution is 9.10. The smallest absolute Gasteiger partial charge is 0.249 e. The summed E-state index contributed by atoms with van der Waals surface area (Å²) in [4.78, 5) is 38.8. The fourth-order valence-corrected chi connectivity index (χ4v) is 8.21. The zero-order valence-electron chi connectivity index (χ0n) is 14.4. The summed E-state index contributed by atoms with van der Waals surface area (Å²) in [5.74, 6) is 1.07. The molecule has 6 fully saturated rings. The van der Waals surface area contributed by atoms with Crippen LogP contribution in [0.3, 0.4) is 0 Å². The van der Waals surface area contributed by atoms with E-state index in [0.29, 0.717) is 6.42 Å². The SMILES string of the molecule is O=C1CC(N(C(=O)CC23CC4CC(CC(Br)(C4)C2)C3)C2CC2)C(=O)N1. The predicted octanol–water partition coefficient (Wildman–Crippen LogP) is 2.52. The van der Waals surface area contributed by atoms with E-state index in [1.807, 2.05) is 0 Å². The summed E-state index contributed by atoms with van der Waals surface area (Å²) in [5, 5.41) is 2.37. The third-order valence-corrected chi connectivity index (χ3v) is 8.07. The fraction of sp³-hybridized carbons (Fsp3) is 0.842. The molecule has 3 atom stereocenters. The van der Waals surface area contributed by atoms with Crippen LogP contribution in [0.4, 0.5) is 0 Å². The molecule has 1 heterocycles. The van der Waals surface area contributed by atoms with Crippen molar-refractivity contribution in [1.29, 1.82) is 0 Å². The monoisotopic (exact) mass is 408 g/mol. The Hall–Kier alpha value is -0.910. The second-order valence-corrected chi connectivity index (χ2v) is 11.1. The van der Waals surface area contributed by atoms with Gasteiger partial charge in [-0.15, -0.1) is 0 Å². The van der Waals surface area contributed by atoms with Gasteiger partial charge < -0.3 is 4.90 Å². The predicted molar refractivity (Wildman–Crippen MR) is 94.8 cm³/mol. The van der Waals surface area contributed by atoms with Crippen molar-refractivity contribution in [1.82, 2.24) is 10.2 Å². The van der Waals surface area contributed by atoms with Gasteiger partial charge in [0.05, 0.1) is 6.42 Å². The van der Waals surface area contributed by atoms with Crippen LogP contribution in [0.1, 0.15) is 64.2 Å². The number of nitrogens with zero attached hydrogens (tertiary/aromatic N) is 1. The van der Waals surface area contributed by atoms with Crippen LogP contribution in [0, 0.1) is 17.3 Å². The van der Waals surface area contributed by atoms with Gasteiger partial charge in [0.25, 0.3) is 0 Å². The van der Waals surface area contributed by atoms with E-state index in [1.54, 1.807) is 4.90 Å². The Morgan fingerprint density at radius 2 is 1.84 bits per heavy atom. The first-order valence-corrected chi connectivity index (χ1v) is 10.5. The van der Waals surface area contributed by atoms with Crippen molar-refractivity contribution in [2.75, 3.05) is 0 Å². The lowest BCUT2D eigenvalue weighted by Crippen LogP contribution is -2.55. The average Bonchev–Trinajstić information content (AvgIpc) is 3.22. The van der Waals surface area contributed by atoms with E-state index >= 15 is 0 Å². The van der Waals surface area contributed by atoms with Crippen LogP contribution in [-0.2, 0) is 14.4 Å². The standard InChI is InChI=1S/C19H25BrN2O3/c20-19-7-11-3-12(8-19)6-18(5-11,10-19)9-16(24)22(13-1-2-13)14-4-15(23)21-17(14)25/h11-14H,1-10H2,(H,21,23,25). The van der Waals surface area contributed by atoms with Crippen LogP contribution in [0.25, 0.3) is 0 Å². The van der Waals surface area contributed by atoms with Gasteiger partial charge in [0.1, 0.15) is 6.04 Å². The summed E-state index contributed by atoms with van der Waals surface area (Å²) in [6, 6.07) is -0.402. The first kappa shape index (κ1) is 16.3. The quantitative estimate of drug-likeness (QED) is 0.573. The molecular formula is C19H25BrN2O3. The summed E-state index contributed by atoms with van der Waals surface area (Å²) in [7, 11) is 0. The number of carbonyl (C=O) groups excluding carboxylic acids is 3. The molecule has 1 saturated heterocycles. The Labute approximate surface area is 156 Å². The van der Waals surface area contributed by atoms with Crippen molar-refractivity contribution in [3.8, 4) is 0 Å². The number of hydrogen-bond acceptors (Lipinski definition) is 3. The van der Waals surface area contributed by atoms with Gasteiger partial charge in [0, 0.05) is 16.8 Å². The molecular weight excluding hydrogens is 384 g/mol. The summed E-state index contributed by atoms with van der Waals surface area (Å²) >= 11 is 4.01. The maximum atomic E-state index is 13.3. The number of amides is 3. The van der Waals surface area contributed by atoms with Crippen molar-refractivity contribution in [2.24, 2.45) is 17.3 Å². The van der Waals surface area contributed by atoms with Crippen molar-refractivity contribution >= 4 is 33.7 Å². The number of rotatable bonds is 4. The minimum absolute atomic E-state index is 0.107. The molecule has 5 nitrogen and oxygen atoms in total. The lowest BCUT2D eigenvalue weighted by atomic mass is 9.48. The highest BCUT2D eigenvalue weighted by Crippen LogP contribution is 2.65. The van der Waals surface area contributed by atoms with Crippen molar-refractivity contribution in [3.63, 3.8) is 0 Å². The van der Waals surface area contributed by atoms with Gasteiger partial charge in [-0.1, -0.05) is 15.9 Å². The molecule has 25 heavy (non-hydrogen) atoms. The first-order chi connectivity index (χ1) is 11.8. The van der Waals surface area contributed by atoms with Gasteiger partial charge in [0.15, 0.2) is 0 Å². The van der Waals surface area contributed by atoms with E-state index in [0.717, 1.165) is 43.9 Å². The molecule has 0 aromatic carbocycles. The highest BCUT2D eigenvalue weighted by Gasteiger charge is 2.58. The van der Waals surface area contributed by atoms with Crippen LogP contribution in [0.2, 0.25) is 0 Å². The number of imide groups is 1. The molecule has 0 spiro atoms. The number of hydrogen-bond donors (Lipinski definition) is 1. The van der Waals surface area contributed by atoms with Crippen LogP contribution in [0.15, 0.2) is 0 Å². The van der Waals surface area contributed by atoms with E-state index in [1.165, 1.54) is 19.3 Å². The zero-order valence-corrected chi connectivity index (χ0v) is 16.0. The highest BCUT2D eigenvalue weighted by atomic mass is 79.9. The molecule has 6 heteroatoms. The Kier molecular flexibility index (Phi) is 3.45. The molecule has 5 aliphatic carbocycles. The van der Waals surface area contributed by atoms with E-state index in [2.05, 4.69) is 21.2 Å². The molecule has 3 unspecified atom stereocenters. The van der Waals surface area contributed by atoms with Crippen LogP contribution >= 0.6 is 15.9 Å². The molecule has 1 aliphatic heterocycles. The Balaban J connectivity index is 1.37. The third-order valence-electron chi connectivity index (χ3n) is 7.15. The average molecular weight is 409 g/mol. The lowest BCUT2D eigenvalue weighted by Gasteiger charge is -2.60. The Morgan fingerprint density at radius 3 is 2.36 bits per heavy atom. The second-order valence-electron chi connectivity index (χ2n) is 9.45. The van der Waals surface area contributed by atoms with Gasteiger partial charge >= 0.3 is 0 Å². The van der Waals surface area contributed by atoms with Crippen LogP contribution in [0.5, 0.6) is 0 Å².